The number of rotatable bonds is 5. The first-order valence-corrected chi connectivity index (χ1v) is 10.9. The van der Waals surface area contributed by atoms with Gasteiger partial charge in [-0.05, 0) is 48.4 Å². The summed E-state index contributed by atoms with van der Waals surface area (Å²) in [5.41, 5.74) is 11.5. The van der Waals surface area contributed by atoms with Crippen LogP contribution in [0.2, 0.25) is 0 Å². The van der Waals surface area contributed by atoms with Crippen LogP contribution in [0.25, 0.3) is 16.6 Å². The minimum Gasteiger partial charge on any atom is -0.398 e. The molecule has 0 bridgehead atoms. The molecule has 0 radical (unpaired) electrons. The Morgan fingerprint density at radius 2 is 1.97 bits per heavy atom. The first-order chi connectivity index (χ1) is 16.6. The van der Waals surface area contributed by atoms with E-state index in [1.807, 2.05) is 48.5 Å². The number of nitrogens with two attached hydrogens (primary N) is 1. The number of aromatic amines is 1. The van der Waals surface area contributed by atoms with Crippen LogP contribution in [0.15, 0.2) is 67.0 Å². The molecule has 2 aromatic heterocycles. The van der Waals surface area contributed by atoms with Crippen LogP contribution in [0.4, 0.5) is 27.7 Å². The molecule has 1 aliphatic rings. The van der Waals surface area contributed by atoms with Gasteiger partial charge in [0.2, 0.25) is 0 Å². The number of para-hydroxylation sites is 1. The van der Waals surface area contributed by atoms with Gasteiger partial charge in [-0.25, -0.2) is 14.8 Å². The summed E-state index contributed by atoms with van der Waals surface area (Å²) in [5, 5.41) is 14.6. The van der Waals surface area contributed by atoms with Crippen molar-refractivity contribution in [3.05, 3.63) is 78.3 Å². The van der Waals surface area contributed by atoms with E-state index in [1.54, 1.807) is 11.0 Å². The van der Waals surface area contributed by atoms with Crippen molar-refractivity contribution < 1.29 is 4.79 Å². The first-order valence-electron chi connectivity index (χ1n) is 10.9. The maximum Gasteiger partial charge on any atom is 0.322 e. The molecule has 6 N–H and O–H groups in total. The van der Waals surface area contributed by atoms with Gasteiger partial charge < -0.3 is 31.7 Å². The van der Waals surface area contributed by atoms with E-state index in [2.05, 4.69) is 31.7 Å². The molecule has 0 unspecified atom stereocenters. The van der Waals surface area contributed by atoms with Crippen molar-refractivity contribution in [3.8, 4) is 0 Å². The highest BCUT2D eigenvalue weighted by Gasteiger charge is 2.20. The van der Waals surface area contributed by atoms with Gasteiger partial charge in [0.25, 0.3) is 0 Å². The van der Waals surface area contributed by atoms with Crippen molar-refractivity contribution >= 4 is 51.7 Å². The lowest BCUT2D eigenvalue weighted by Gasteiger charge is -2.26. The molecule has 2 amide bonds. The highest BCUT2D eigenvalue weighted by Crippen LogP contribution is 2.29. The van der Waals surface area contributed by atoms with E-state index in [1.165, 1.54) is 12.5 Å². The number of H-pyrrole nitrogens is 1. The number of hydrogen-bond donors (Lipinski definition) is 5. The molecule has 0 saturated carbocycles. The van der Waals surface area contributed by atoms with Crippen LogP contribution in [0.5, 0.6) is 0 Å². The minimum atomic E-state index is -0.108. The molecule has 0 saturated heterocycles. The Balaban J connectivity index is 1.33. The van der Waals surface area contributed by atoms with Crippen molar-refractivity contribution in [2.45, 2.75) is 6.42 Å². The molecule has 0 atom stereocenters. The third kappa shape index (κ3) is 4.31. The number of amides is 2. The molecule has 3 heterocycles. The standard InChI is InChI=1S/C25H24N8O/c26-14-17-12-19(6-7-21(17)27)30-23-20-13-22(32-24(20)29-15-28-23)16-8-10-33(11-9-16)25(34)31-18-4-2-1-3-5-18/h1-8,12-15,26H,9-11,27H2,(H,31,34)(H2,28,29,30,32). The predicted octanol–water partition coefficient (Wildman–Crippen LogP) is 4.60. The molecule has 5 rings (SSSR count). The maximum atomic E-state index is 12.6. The topological polar surface area (TPSA) is 136 Å². The quantitative estimate of drug-likeness (QED) is 0.223. The van der Waals surface area contributed by atoms with Gasteiger partial charge in [0.1, 0.15) is 17.8 Å². The largest absolute Gasteiger partial charge is 0.398 e. The predicted molar refractivity (Wildman–Crippen MR) is 136 cm³/mol. The minimum absolute atomic E-state index is 0.108. The summed E-state index contributed by atoms with van der Waals surface area (Å²) in [6.45, 7) is 1.15. The number of aromatic nitrogens is 3. The molecule has 9 nitrogen and oxygen atoms in total. The highest BCUT2D eigenvalue weighted by molar-refractivity contribution is 5.94. The van der Waals surface area contributed by atoms with E-state index < -0.39 is 0 Å². The summed E-state index contributed by atoms with van der Waals surface area (Å²) in [6, 6.07) is 16.8. The Bertz CT molecular complexity index is 1390. The summed E-state index contributed by atoms with van der Waals surface area (Å²) in [7, 11) is 0. The van der Waals surface area contributed by atoms with E-state index in [-0.39, 0.29) is 6.03 Å². The van der Waals surface area contributed by atoms with Crippen molar-refractivity contribution in [2.75, 3.05) is 29.5 Å². The lowest BCUT2D eigenvalue weighted by molar-refractivity contribution is 0.217. The fourth-order valence-corrected chi connectivity index (χ4v) is 3.95. The van der Waals surface area contributed by atoms with E-state index >= 15 is 0 Å². The van der Waals surface area contributed by atoms with Gasteiger partial charge in [-0.3, -0.25) is 0 Å². The number of carbonyl (C=O) groups is 1. The van der Waals surface area contributed by atoms with Crippen LogP contribution in [0, 0.1) is 5.41 Å². The summed E-state index contributed by atoms with van der Waals surface area (Å²) in [5.74, 6) is 0.661. The Labute approximate surface area is 196 Å². The normalized spacial score (nSPS) is 13.4. The van der Waals surface area contributed by atoms with Gasteiger partial charge >= 0.3 is 6.03 Å². The highest BCUT2D eigenvalue weighted by atomic mass is 16.2. The van der Waals surface area contributed by atoms with Gasteiger partial charge in [0, 0.05) is 47.6 Å². The number of benzene rings is 2. The number of nitrogens with one attached hydrogen (secondary N) is 4. The molecule has 9 heteroatoms. The Morgan fingerprint density at radius 1 is 1.12 bits per heavy atom. The number of urea groups is 1. The van der Waals surface area contributed by atoms with Gasteiger partial charge in [0.15, 0.2) is 0 Å². The Kier molecular flexibility index (Phi) is 5.65. The van der Waals surface area contributed by atoms with Crippen molar-refractivity contribution in [1.82, 2.24) is 19.9 Å². The maximum absolute atomic E-state index is 12.6. The average Bonchev–Trinajstić information content (AvgIpc) is 3.31. The number of nitrogens with zero attached hydrogens (tertiary/aromatic N) is 3. The van der Waals surface area contributed by atoms with Gasteiger partial charge in [0.05, 0.1) is 5.39 Å². The van der Waals surface area contributed by atoms with Gasteiger partial charge in [-0.1, -0.05) is 24.3 Å². The molecule has 2 aromatic carbocycles. The molecule has 0 fully saturated rings. The lowest BCUT2D eigenvalue weighted by atomic mass is 10.1. The molecule has 34 heavy (non-hydrogen) atoms. The first kappa shape index (κ1) is 21.2. The Hall–Kier alpha value is -4.66. The average molecular weight is 453 g/mol. The zero-order chi connectivity index (χ0) is 23.5. The zero-order valence-corrected chi connectivity index (χ0v) is 18.4. The third-order valence-corrected chi connectivity index (χ3v) is 5.80. The van der Waals surface area contributed by atoms with E-state index in [0.717, 1.165) is 40.1 Å². The molecule has 1 aliphatic heterocycles. The molecule has 0 spiro atoms. The number of hydrogen-bond acceptors (Lipinski definition) is 6. The summed E-state index contributed by atoms with van der Waals surface area (Å²) in [6.07, 6.45) is 5.52. The second-order valence-corrected chi connectivity index (χ2v) is 8.00. The number of nitrogen functional groups attached to an aromatic ring is 1. The van der Waals surface area contributed by atoms with Crippen LogP contribution in [0.3, 0.4) is 0 Å². The SMILES string of the molecule is N=Cc1cc(Nc2ncnc3[nH]c(C4=CCN(C(=O)Nc5ccccc5)CC4)cc23)ccc1N. The Morgan fingerprint density at radius 3 is 2.74 bits per heavy atom. The monoisotopic (exact) mass is 452 g/mol. The zero-order valence-electron chi connectivity index (χ0n) is 18.4. The van der Waals surface area contributed by atoms with Crippen LogP contribution >= 0.6 is 0 Å². The molecular weight excluding hydrogens is 428 g/mol. The second-order valence-electron chi connectivity index (χ2n) is 8.00. The van der Waals surface area contributed by atoms with Crippen LogP contribution in [-0.4, -0.2) is 45.2 Å². The van der Waals surface area contributed by atoms with Crippen molar-refractivity contribution in [3.63, 3.8) is 0 Å². The summed E-state index contributed by atoms with van der Waals surface area (Å²) in [4.78, 5) is 26.5. The number of fused-ring (bicyclic) bond motifs is 1. The third-order valence-electron chi connectivity index (χ3n) is 5.80. The van der Waals surface area contributed by atoms with Crippen LogP contribution in [-0.2, 0) is 0 Å². The van der Waals surface area contributed by atoms with Crippen LogP contribution in [0.1, 0.15) is 17.7 Å². The van der Waals surface area contributed by atoms with E-state index in [9.17, 15) is 4.79 Å². The summed E-state index contributed by atoms with van der Waals surface area (Å²) < 4.78 is 0. The fourth-order valence-electron chi connectivity index (χ4n) is 3.95. The van der Waals surface area contributed by atoms with Gasteiger partial charge in [-0.15, -0.1) is 0 Å². The fraction of sp³-hybridized carbons (Fsp3) is 0.120. The van der Waals surface area contributed by atoms with E-state index in [4.69, 9.17) is 11.1 Å². The number of anilines is 4. The van der Waals surface area contributed by atoms with Crippen molar-refractivity contribution in [2.24, 2.45) is 0 Å². The molecule has 170 valence electrons. The molecule has 4 aromatic rings. The second kappa shape index (κ2) is 9.07. The molecule has 0 aliphatic carbocycles. The van der Waals surface area contributed by atoms with Gasteiger partial charge in [-0.2, -0.15) is 0 Å². The van der Waals surface area contributed by atoms with E-state index in [0.29, 0.717) is 30.2 Å². The van der Waals surface area contributed by atoms with Crippen molar-refractivity contribution in [1.29, 1.82) is 5.41 Å². The number of carbonyl (C=O) groups excluding carboxylic acids is 1. The molecular formula is C25H24N8O. The van der Waals surface area contributed by atoms with Crippen LogP contribution < -0.4 is 16.4 Å². The summed E-state index contributed by atoms with van der Waals surface area (Å²) >= 11 is 0. The lowest BCUT2D eigenvalue weighted by Crippen LogP contribution is -2.37. The smallest absolute Gasteiger partial charge is 0.322 e.